The Balaban J connectivity index is 2.42. The van der Waals surface area contributed by atoms with Gasteiger partial charge >= 0.3 is 0 Å². The van der Waals surface area contributed by atoms with Crippen LogP contribution in [0.25, 0.3) is 0 Å². The lowest BCUT2D eigenvalue weighted by atomic mass is 10.1. The van der Waals surface area contributed by atoms with Gasteiger partial charge in [-0.2, -0.15) is 0 Å². The van der Waals surface area contributed by atoms with Gasteiger partial charge < -0.3 is 16.2 Å². The summed E-state index contributed by atoms with van der Waals surface area (Å²) in [7, 11) is 0. The molecule has 0 saturated carbocycles. The number of anilines is 1. The standard InChI is InChI=1S/C12H17FN2O2/c1-8(14)3-2-4-12(17)15-9-5-6-11(16)10(13)7-9/h5-8,16H,2-4,14H2,1H3,(H,15,17). The second-order valence-corrected chi connectivity index (χ2v) is 4.08. The second-order valence-electron chi connectivity index (χ2n) is 4.08. The van der Waals surface area contributed by atoms with E-state index < -0.39 is 11.6 Å². The van der Waals surface area contributed by atoms with Gasteiger partial charge in [0.1, 0.15) is 0 Å². The molecular formula is C12H17FN2O2. The number of nitrogens with two attached hydrogens (primary N) is 1. The highest BCUT2D eigenvalue weighted by Gasteiger charge is 2.06. The summed E-state index contributed by atoms with van der Waals surface area (Å²) in [5.41, 5.74) is 5.90. The first kappa shape index (κ1) is 13.4. The number of rotatable bonds is 5. The lowest BCUT2D eigenvalue weighted by Gasteiger charge is -2.07. The fourth-order valence-corrected chi connectivity index (χ4v) is 1.39. The molecule has 4 nitrogen and oxygen atoms in total. The molecule has 0 aromatic heterocycles. The molecule has 1 amide bonds. The summed E-state index contributed by atoms with van der Waals surface area (Å²) in [5.74, 6) is -1.37. The van der Waals surface area contributed by atoms with Gasteiger partial charge in [0.25, 0.3) is 0 Å². The van der Waals surface area contributed by atoms with Crippen molar-refractivity contribution in [3.8, 4) is 5.75 Å². The molecule has 0 saturated heterocycles. The quantitative estimate of drug-likeness (QED) is 0.689. The van der Waals surface area contributed by atoms with Crippen molar-refractivity contribution in [2.24, 2.45) is 5.73 Å². The van der Waals surface area contributed by atoms with Gasteiger partial charge in [-0.1, -0.05) is 0 Å². The van der Waals surface area contributed by atoms with E-state index in [0.717, 1.165) is 12.5 Å². The summed E-state index contributed by atoms with van der Waals surface area (Å²) >= 11 is 0. The first-order chi connectivity index (χ1) is 7.99. The van der Waals surface area contributed by atoms with Crippen molar-refractivity contribution in [2.45, 2.75) is 32.2 Å². The van der Waals surface area contributed by atoms with Crippen molar-refractivity contribution < 1.29 is 14.3 Å². The molecule has 1 atom stereocenters. The van der Waals surface area contributed by atoms with Gasteiger partial charge in [-0.3, -0.25) is 4.79 Å². The van der Waals surface area contributed by atoms with E-state index in [0.29, 0.717) is 18.5 Å². The Morgan fingerprint density at radius 3 is 2.88 bits per heavy atom. The van der Waals surface area contributed by atoms with Gasteiger partial charge in [-0.25, -0.2) is 4.39 Å². The monoisotopic (exact) mass is 240 g/mol. The molecule has 0 spiro atoms. The number of benzene rings is 1. The topological polar surface area (TPSA) is 75.4 Å². The van der Waals surface area contributed by atoms with E-state index in [4.69, 9.17) is 10.8 Å². The van der Waals surface area contributed by atoms with Crippen molar-refractivity contribution in [3.05, 3.63) is 24.0 Å². The predicted molar refractivity (Wildman–Crippen MR) is 64.2 cm³/mol. The first-order valence-electron chi connectivity index (χ1n) is 5.53. The second kappa shape index (κ2) is 6.20. The third kappa shape index (κ3) is 4.82. The maximum Gasteiger partial charge on any atom is 0.224 e. The minimum atomic E-state index is -0.751. The Hall–Kier alpha value is -1.62. The zero-order valence-electron chi connectivity index (χ0n) is 9.74. The molecule has 0 aliphatic rings. The van der Waals surface area contributed by atoms with E-state index in [1.807, 2.05) is 6.92 Å². The van der Waals surface area contributed by atoms with E-state index in [-0.39, 0.29) is 11.9 Å². The molecule has 1 aromatic carbocycles. The van der Waals surface area contributed by atoms with Crippen LogP contribution >= 0.6 is 0 Å². The minimum Gasteiger partial charge on any atom is -0.505 e. The average molecular weight is 240 g/mol. The van der Waals surface area contributed by atoms with Crippen LogP contribution in [-0.2, 0) is 4.79 Å². The third-order valence-electron chi connectivity index (χ3n) is 2.29. The van der Waals surface area contributed by atoms with Gasteiger partial charge in [-0.15, -0.1) is 0 Å². The molecule has 0 aliphatic carbocycles. The van der Waals surface area contributed by atoms with E-state index in [9.17, 15) is 9.18 Å². The molecule has 0 aliphatic heterocycles. The average Bonchev–Trinajstić information content (AvgIpc) is 2.23. The predicted octanol–water partition coefficient (Wildman–Crippen LogP) is 1.99. The number of halogens is 1. The molecule has 1 rings (SSSR count). The normalized spacial score (nSPS) is 12.2. The number of carbonyl (C=O) groups is 1. The highest BCUT2D eigenvalue weighted by atomic mass is 19.1. The summed E-state index contributed by atoms with van der Waals surface area (Å²) in [5, 5.41) is 11.5. The number of carbonyl (C=O) groups excluding carboxylic acids is 1. The Bertz CT molecular complexity index is 394. The van der Waals surface area contributed by atoms with E-state index in [1.165, 1.54) is 12.1 Å². The van der Waals surface area contributed by atoms with Crippen LogP contribution in [-0.4, -0.2) is 17.1 Å². The Morgan fingerprint density at radius 1 is 1.59 bits per heavy atom. The molecule has 1 unspecified atom stereocenters. The van der Waals surface area contributed by atoms with Crippen LogP contribution in [0.1, 0.15) is 26.2 Å². The Kier molecular flexibility index (Phi) is 4.90. The van der Waals surface area contributed by atoms with Gasteiger partial charge in [0.05, 0.1) is 0 Å². The van der Waals surface area contributed by atoms with Crippen LogP contribution in [0.2, 0.25) is 0 Å². The lowest BCUT2D eigenvalue weighted by Crippen LogP contribution is -2.16. The van der Waals surface area contributed by atoms with Crippen LogP contribution in [0.15, 0.2) is 18.2 Å². The van der Waals surface area contributed by atoms with E-state index >= 15 is 0 Å². The highest BCUT2D eigenvalue weighted by molar-refractivity contribution is 5.90. The van der Waals surface area contributed by atoms with E-state index in [2.05, 4.69) is 5.32 Å². The zero-order valence-corrected chi connectivity index (χ0v) is 9.74. The number of aromatic hydroxyl groups is 1. The number of phenolic OH excluding ortho intramolecular Hbond substituents is 1. The number of nitrogens with one attached hydrogen (secondary N) is 1. The molecule has 1 aromatic rings. The fraction of sp³-hybridized carbons (Fsp3) is 0.417. The summed E-state index contributed by atoms with van der Waals surface area (Å²) < 4.78 is 13.0. The van der Waals surface area contributed by atoms with Crippen LogP contribution in [0.4, 0.5) is 10.1 Å². The maximum atomic E-state index is 13.0. The van der Waals surface area contributed by atoms with Gasteiger partial charge in [-0.05, 0) is 31.9 Å². The van der Waals surface area contributed by atoms with Crippen molar-refractivity contribution in [1.29, 1.82) is 0 Å². The number of phenols is 1. The SMILES string of the molecule is CC(N)CCCC(=O)Nc1ccc(O)c(F)c1. The third-order valence-corrected chi connectivity index (χ3v) is 2.29. The van der Waals surface area contributed by atoms with Crippen molar-refractivity contribution in [3.63, 3.8) is 0 Å². The fourth-order valence-electron chi connectivity index (χ4n) is 1.39. The van der Waals surface area contributed by atoms with Crippen LogP contribution < -0.4 is 11.1 Å². The zero-order chi connectivity index (χ0) is 12.8. The molecule has 0 bridgehead atoms. The maximum absolute atomic E-state index is 13.0. The molecular weight excluding hydrogens is 223 g/mol. The molecule has 94 valence electrons. The van der Waals surface area contributed by atoms with Crippen LogP contribution in [0.3, 0.4) is 0 Å². The summed E-state index contributed by atoms with van der Waals surface area (Å²) in [4.78, 5) is 11.5. The molecule has 0 heterocycles. The van der Waals surface area contributed by atoms with Crippen LogP contribution in [0.5, 0.6) is 5.75 Å². The largest absolute Gasteiger partial charge is 0.505 e. The van der Waals surface area contributed by atoms with Gasteiger partial charge in [0, 0.05) is 24.2 Å². The Labute approximate surface area is 99.6 Å². The molecule has 0 radical (unpaired) electrons. The van der Waals surface area contributed by atoms with Crippen molar-refractivity contribution in [2.75, 3.05) is 5.32 Å². The molecule has 0 fully saturated rings. The summed E-state index contributed by atoms with van der Waals surface area (Å²) in [6.07, 6.45) is 1.82. The molecule has 17 heavy (non-hydrogen) atoms. The number of hydrogen-bond donors (Lipinski definition) is 3. The summed E-state index contributed by atoms with van der Waals surface area (Å²) in [6, 6.07) is 3.81. The Morgan fingerprint density at radius 2 is 2.29 bits per heavy atom. The smallest absolute Gasteiger partial charge is 0.224 e. The molecule has 5 heteroatoms. The van der Waals surface area contributed by atoms with Gasteiger partial charge in [0.15, 0.2) is 11.6 Å². The number of amides is 1. The van der Waals surface area contributed by atoms with Crippen LogP contribution in [0, 0.1) is 5.82 Å². The summed E-state index contributed by atoms with van der Waals surface area (Å²) in [6.45, 7) is 1.88. The first-order valence-corrected chi connectivity index (χ1v) is 5.53. The minimum absolute atomic E-state index is 0.0777. The molecule has 4 N–H and O–H groups in total. The highest BCUT2D eigenvalue weighted by Crippen LogP contribution is 2.19. The lowest BCUT2D eigenvalue weighted by molar-refractivity contribution is -0.116. The number of hydrogen-bond acceptors (Lipinski definition) is 3. The van der Waals surface area contributed by atoms with E-state index in [1.54, 1.807) is 0 Å². The van der Waals surface area contributed by atoms with Gasteiger partial charge in [0.2, 0.25) is 5.91 Å². The van der Waals surface area contributed by atoms with Crippen molar-refractivity contribution in [1.82, 2.24) is 0 Å². The van der Waals surface area contributed by atoms with Crippen molar-refractivity contribution >= 4 is 11.6 Å².